The van der Waals surface area contributed by atoms with Crippen LogP contribution in [0.25, 0.3) is 16.3 Å². The molecule has 0 radical (unpaired) electrons. The van der Waals surface area contributed by atoms with Crippen LogP contribution in [0.1, 0.15) is 11.1 Å². The summed E-state index contributed by atoms with van der Waals surface area (Å²) in [5.41, 5.74) is 2.52. The van der Waals surface area contributed by atoms with Gasteiger partial charge in [0.25, 0.3) is 5.91 Å². The molecule has 5 nitrogen and oxygen atoms in total. The number of carbonyl (C=O) groups is 1. The third kappa shape index (κ3) is 5.28. The number of carbonyl (C=O) groups excluding carboxylic acids is 1. The van der Waals surface area contributed by atoms with Gasteiger partial charge < -0.3 is 4.74 Å². The van der Waals surface area contributed by atoms with Crippen LogP contribution in [0, 0.1) is 11.3 Å². The number of fused-ring (bicyclic) bond motifs is 1. The van der Waals surface area contributed by atoms with Crippen molar-refractivity contribution < 1.29 is 9.53 Å². The molecule has 0 saturated heterocycles. The highest BCUT2D eigenvalue weighted by atomic mass is 35.5. The Bertz CT molecular complexity index is 1260. The van der Waals surface area contributed by atoms with E-state index in [4.69, 9.17) is 16.3 Å². The number of thiazole rings is 1. The first-order chi connectivity index (χ1) is 15.1. The van der Waals surface area contributed by atoms with Gasteiger partial charge in [0.15, 0.2) is 5.13 Å². The van der Waals surface area contributed by atoms with E-state index in [9.17, 15) is 10.1 Å². The van der Waals surface area contributed by atoms with Crippen molar-refractivity contribution in [1.82, 2.24) is 4.98 Å². The molecule has 4 aromatic rings. The molecule has 0 atom stereocenters. The second kappa shape index (κ2) is 9.43. The van der Waals surface area contributed by atoms with Gasteiger partial charge in [0.05, 0.1) is 10.2 Å². The van der Waals surface area contributed by atoms with E-state index in [2.05, 4.69) is 10.3 Å². The normalized spacial score (nSPS) is 11.2. The fourth-order valence-electron chi connectivity index (χ4n) is 2.81. The average Bonchev–Trinajstić information content (AvgIpc) is 3.20. The minimum Gasteiger partial charge on any atom is -0.489 e. The molecular weight excluding hydrogens is 430 g/mol. The lowest BCUT2D eigenvalue weighted by Crippen LogP contribution is -2.13. The lowest BCUT2D eigenvalue weighted by Gasteiger charge is -2.07. The molecule has 0 saturated carbocycles. The number of para-hydroxylation sites is 1. The van der Waals surface area contributed by atoms with E-state index in [0.29, 0.717) is 22.5 Å². The van der Waals surface area contributed by atoms with Crippen molar-refractivity contribution in [3.63, 3.8) is 0 Å². The average molecular weight is 446 g/mol. The van der Waals surface area contributed by atoms with Gasteiger partial charge in [0.1, 0.15) is 24.0 Å². The highest BCUT2D eigenvalue weighted by molar-refractivity contribution is 7.22. The van der Waals surface area contributed by atoms with Crippen LogP contribution in [0.5, 0.6) is 5.75 Å². The number of hydrogen-bond donors (Lipinski definition) is 1. The molecule has 0 aliphatic rings. The second-order valence-corrected chi connectivity index (χ2v) is 8.06. The minimum atomic E-state index is -0.496. The Morgan fingerprint density at radius 1 is 1.10 bits per heavy atom. The zero-order chi connectivity index (χ0) is 21.6. The lowest BCUT2D eigenvalue weighted by atomic mass is 10.1. The second-order valence-electron chi connectivity index (χ2n) is 6.59. The number of nitrogens with zero attached hydrogens (tertiary/aromatic N) is 2. The Morgan fingerprint density at radius 3 is 2.55 bits per heavy atom. The molecule has 0 fully saturated rings. The third-order valence-corrected chi connectivity index (χ3v) is 5.59. The first-order valence-corrected chi connectivity index (χ1v) is 10.6. The van der Waals surface area contributed by atoms with Crippen molar-refractivity contribution in [1.29, 1.82) is 5.26 Å². The van der Waals surface area contributed by atoms with E-state index in [1.54, 1.807) is 24.3 Å². The first-order valence-electron chi connectivity index (χ1n) is 9.37. The Hall–Kier alpha value is -3.66. The van der Waals surface area contributed by atoms with E-state index in [-0.39, 0.29) is 5.57 Å². The number of amides is 1. The summed E-state index contributed by atoms with van der Waals surface area (Å²) in [5, 5.41) is 13.3. The van der Waals surface area contributed by atoms with Gasteiger partial charge >= 0.3 is 0 Å². The SMILES string of the molecule is N#C/C(=C\c1ccc(OCc2ccc(Cl)cc2)cc1)C(=O)Nc1nc2ccccc2s1. The topological polar surface area (TPSA) is 75.0 Å². The van der Waals surface area contributed by atoms with Gasteiger partial charge in [0.2, 0.25) is 0 Å². The fraction of sp³-hybridized carbons (Fsp3) is 0.0417. The van der Waals surface area contributed by atoms with E-state index in [1.165, 1.54) is 17.4 Å². The van der Waals surface area contributed by atoms with Crippen LogP contribution < -0.4 is 10.1 Å². The van der Waals surface area contributed by atoms with Crippen molar-refractivity contribution in [2.45, 2.75) is 6.61 Å². The summed E-state index contributed by atoms with van der Waals surface area (Å²) in [4.78, 5) is 16.9. The Morgan fingerprint density at radius 2 is 1.84 bits per heavy atom. The Labute approximate surface area is 188 Å². The smallest absolute Gasteiger partial charge is 0.268 e. The van der Waals surface area contributed by atoms with E-state index in [0.717, 1.165) is 21.3 Å². The van der Waals surface area contributed by atoms with Gasteiger partial charge in [-0.25, -0.2) is 4.98 Å². The molecule has 7 heteroatoms. The van der Waals surface area contributed by atoms with Gasteiger partial charge in [-0.1, -0.05) is 59.3 Å². The van der Waals surface area contributed by atoms with Crippen molar-refractivity contribution in [3.05, 3.63) is 94.5 Å². The predicted octanol–water partition coefficient (Wildman–Crippen LogP) is 6.07. The van der Waals surface area contributed by atoms with Crippen LogP contribution in [0.3, 0.4) is 0 Å². The van der Waals surface area contributed by atoms with Gasteiger partial charge in [-0.3, -0.25) is 10.1 Å². The van der Waals surface area contributed by atoms with E-state index in [1.807, 2.05) is 54.6 Å². The van der Waals surface area contributed by atoms with Gasteiger partial charge in [-0.2, -0.15) is 5.26 Å². The number of halogens is 1. The van der Waals surface area contributed by atoms with E-state index >= 15 is 0 Å². The number of nitrogens with one attached hydrogen (secondary N) is 1. The molecule has 0 unspecified atom stereocenters. The summed E-state index contributed by atoms with van der Waals surface area (Å²) in [5.74, 6) is 0.189. The van der Waals surface area contributed by atoms with Crippen LogP contribution in [0.4, 0.5) is 5.13 Å². The number of anilines is 1. The number of ether oxygens (including phenoxy) is 1. The molecule has 0 spiro atoms. The molecule has 31 heavy (non-hydrogen) atoms. The highest BCUT2D eigenvalue weighted by Gasteiger charge is 2.12. The van der Waals surface area contributed by atoms with Crippen LogP contribution in [0.2, 0.25) is 5.02 Å². The maximum Gasteiger partial charge on any atom is 0.268 e. The summed E-state index contributed by atoms with van der Waals surface area (Å²) in [6.07, 6.45) is 1.53. The standard InChI is InChI=1S/C24H16ClN3O2S/c25-19-9-5-17(6-10-19)15-30-20-11-7-16(8-12-20)13-18(14-26)23(29)28-24-27-21-3-1-2-4-22(21)31-24/h1-13H,15H2,(H,27,28,29)/b18-13+. The molecule has 1 amide bonds. The highest BCUT2D eigenvalue weighted by Crippen LogP contribution is 2.26. The predicted molar refractivity (Wildman–Crippen MR) is 124 cm³/mol. The number of nitriles is 1. The molecule has 1 N–H and O–H groups in total. The van der Waals surface area contributed by atoms with Crippen LogP contribution >= 0.6 is 22.9 Å². The minimum absolute atomic E-state index is 0.00547. The summed E-state index contributed by atoms with van der Waals surface area (Å²) >= 11 is 7.25. The molecule has 0 aliphatic carbocycles. The molecular formula is C24H16ClN3O2S. The van der Waals surface area contributed by atoms with Crippen molar-refractivity contribution in [2.24, 2.45) is 0 Å². The first kappa shape index (κ1) is 20.6. The number of benzene rings is 3. The molecule has 152 valence electrons. The molecule has 0 bridgehead atoms. The zero-order valence-corrected chi connectivity index (χ0v) is 17.8. The van der Waals surface area contributed by atoms with Crippen molar-refractivity contribution >= 4 is 50.3 Å². The summed E-state index contributed by atoms with van der Waals surface area (Å²) in [6.45, 7) is 0.417. The molecule has 3 aromatic carbocycles. The molecule has 4 rings (SSSR count). The molecule has 0 aliphatic heterocycles. The van der Waals surface area contributed by atoms with Crippen molar-refractivity contribution in [2.75, 3.05) is 5.32 Å². The number of hydrogen-bond acceptors (Lipinski definition) is 5. The molecule has 1 heterocycles. The van der Waals surface area contributed by atoms with Gasteiger partial charge in [0, 0.05) is 5.02 Å². The van der Waals surface area contributed by atoms with Crippen LogP contribution in [0.15, 0.2) is 78.4 Å². The maximum absolute atomic E-state index is 12.5. The monoisotopic (exact) mass is 445 g/mol. The quantitative estimate of drug-likeness (QED) is 0.288. The number of rotatable bonds is 6. The van der Waals surface area contributed by atoms with Crippen molar-refractivity contribution in [3.8, 4) is 11.8 Å². The molecule has 1 aromatic heterocycles. The van der Waals surface area contributed by atoms with Crippen LogP contribution in [-0.4, -0.2) is 10.9 Å². The Balaban J connectivity index is 1.41. The van der Waals surface area contributed by atoms with Gasteiger partial charge in [-0.05, 0) is 53.6 Å². The van der Waals surface area contributed by atoms with E-state index < -0.39 is 5.91 Å². The number of aromatic nitrogens is 1. The zero-order valence-electron chi connectivity index (χ0n) is 16.2. The summed E-state index contributed by atoms with van der Waals surface area (Å²) in [6, 6.07) is 24.2. The van der Waals surface area contributed by atoms with Crippen LogP contribution in [-0.2, 0) is 11.4 Å². The largest absolute Gasteiger partial charge is 0.489 e. The fourth-order valence-corrected chi connectivity index (χ4v) is 3.80. The Kier molecular flexibility index (Phi) is 6.27. The maximum atomic E-state index is 12.5. The third-order valence-electron chi connectivity index (χ3n) is 4.39. The summed E-state index contributed by atoms with van der Waals surface area (Å²) in [7, 11) is 0. The lowest BCUT2D eigenvalue weighted by molar-refractivity contribution is -0.112. The van der Waals surface area contributed by atoms with Gasteiger partial charge in [-0.15, -0.1) is 0 Å². The summed E-state index contributed by atoms with van der Waals surface area (Å²) < 4.78 is 6.73.